The quantitative estimate of drug-likeness (QED) is 0.811. The standard InChI is InChI=1S/C11H20N2O3.ClH/c1-9(2)11(16)13-7-5-12(6-8-13)4-3-10(14)15;/h9H,3-8H2,1-2H3,(H,14,15);1H. The second-order valence-corrected chi connectivity index (χ2v) is 4.47. The number of nitrogens with zero attached hydrogens (tertiary/aromatic N) is 2. The summed E-state index contributed by atoms with van der Waals surface area (Å²) in [6.07, 6.45) is 0.179. The summed E-state index contributed by atoms with van der Waals surface area (Å²) >= 11 is 0. The Balaban J connectivity index is 0.00000256. The van der Waals surface area contributed by atoms with Gasteiger partial charge >= 0.3 is 5.97 Å². The Labute approximate surface area is 108 Å². The molecule has 1 aliphatic rings. The van der Waals surface area contributed by atoms with Gasteiger partial charge in [0.2, 0.25) is 5.91 Å². The summed E-state index contributed by atoms with van der Waals surface area (Å²) in [4.78, 5) is 26.1. The van der Waals surface area contributed by atoms with E-state index in [9.17, 15) is 9.59 Å². The number of carboxylic acids is 1. The van der Waals surface area contributed by atoms with E-state index in [1.807, 2.05) is 18.7 Å². The van der Waals surface area contributed by atoms with Crippen LogP contribution in [0.1, 0.15) is 20.3 Å². The molecular weight excluding hydrogens is 244 g/mol. The van der Waals surface area contributed by atoms with Gasteiger partial charge in [0, 0.05) is 38.6 Å². The third kappa shape index (κ3) is 5.37. The van der Waals surface area contributed by atoms with E-state index in [-0.39, 0.29) is 30.7 Å². The van der Waals surface area contributed by atoms with Crippen molar-refractivity contribution in [3.63, 3.8) is 0 Å². The summed E-state index contributed by atoms with van der Waals surface area (Å²) < 4.78 is 0. The molecule has 0 aromatic heterocycles. The van der Waals surface area contributed by atoms with Crippen LogP contribution >= 0.6 is 12.4 Å². The molecule has 1 rings (SSSR count). The molecule has 1 N–H and O–H groups in total. The first-order chi connectivity index (χ1) is 7.50. The fourth-order valence-electron chi connectivity index (χ4n) is 1.81. The van der Waals surface area contributed by atoms with Crippen LogP contribution in [0, 0.1) is 5.92 Å². The number of carboxylic acid groups (broad SMARTS) is 1. The van der Waals surface area contributed by atoms with Gasteiger partial charge in [-0.2, -0.15) is 0 Å². The third-order valence-electron chi connectivity index (χ3n) is 2.82. The molecule has 0 aromatic carbocycles. The molecule has 100 valence electrons. The summed E-state index contributed by atoms with van der Waals surface area (Å²) in [5.41, 5.74) is 0. The van der Waals surface area contributed by atoms with Gasteiger partial charge in [-0.05, 0) is 0 Å². The Morgan fingerprint density at radius 3 is 2.12 bits per heavy atom. The maximum atomic E-state index is 11.7. The van der Waals surface area contributed by atoms with Gasteiger partial charge in [-0.15, -0.1) is 12.4 Å². The van der Waals surface area contributed by atoms with Crippen molar-refractivity contribution in [1.82, 2.24) is 9.80 Å². The topological polar surface area (TPSA) is 60.9 Å². The maximum absolute atomic E-state index is 11.7. The van der Waals surface area contributed by atoms with E-state index in [2.05, 4.69) is 4.90 Å². The van der Waals surface area contributed by atoms with Gasteiger partial charge < -0.3 is 10.0 Å². The second-order valence-electron chi connectivity index (χ2n) is 4.47. The molecule has 0 bridgehead atoms. The molecular formula is C11H21ClN2O3. The highest BCUT2D eigenvalue weighted by atomic mass is 35.5. The third-order valence-corrected chi connectivity index (χ3v) is 2.82. The van der Waals surface area contributed by atoms with E-state index < -0.39 is 5.97 Å². The summed E-state index contributed by atoms with van der Waals surface area (Å²) in [6, 6.07) is 0. The normalized spacial score (nSPS) is 16.8. The minimum absolute atomic E-state index is 0. The molecule has 0 radical (unpaired) electrons. The van der Waals surface area contributed by atoms with Crippen molar-refractivity contribution in [3.8, 4) is 0 Å². The van der Waals surface area contributed by atoms with Crippen LogP contribution in [0.4, 0.5) is 0 Å². The fourth-order valence-corrected chi connectivity index (χ4v) is 1.81. The largest absolute Gasteiger partial charge is 0.481 e. The number of rotatable bonds is 4. The first-order valence-corrected chi connectivity index (χ1v) is 5.73. The van der Waals surface area contributed by atoms with Crippen LogP contribution in [-0.4, -0.2) is 59.5 Å². The first kappa shape index (κ1) is 16.2. The number of piperazine rings is 1. The first-order valence-electron chi connectivity index (χ1n) is 5.73. The predicted octanol–water partition coefficient (Wildman–Crippen LogP) is 0.683. The van der Waals surface area contributed by atoms with Crippen molar-refractivity contribution in [2.75, 3.05) is 32.7 Å². The Morgan fingerprint density at radius 2 is 1.71 bits per heavy atom. The van der Waals surface area contributed by atoms with Crippen molar-refractivity contribution in [2.45, 2.75) is 20.3 Å². The summed E-state index contributed by atoms with van der Waals surface area (Å²) in [5.74, 6) is -0.524. The Kier molecular flexibility index (Phi) is 7.15. The Bertz CT molecular complexity index is 263. The lowest BCUT2D eigenvalue weighted by Gasteiger charge is -2.35. The van der Waals surface area contributed by atoms with Crippen molar-refractivity contribution >= 4 is 24.3 Å². The van der Waals surface area contributed by atoms with Crippen molar-refractivity contribution in [2.24, 2.45) is 5.92 Å². The van der Waals surface area contributed by atoms with Crippen LogP contribution in [0.2, 0.25) is 0 Å². The molecule has 1 heterocycles. The number of carbonyl (C=O) groups is 2. The summed E-state index contributed by atoms with van der Waals surface area (Å²) in [7, 11) is 0. The van der Waals surface area contributed by atoms with Crippen LogP contribution in [0.25, 0.3) is 0 Å². The summed E-state index contributed by atoms with van der Waals surface area (Å²) in [6.45, 7) is 7.39. The number of hydrogen-bond acceptors (Lipinski definition) is 3. The Hall–Kier alpha value is -0.810. The lowest BCUT2D eigenvalue weighted by atomic mass is 10.1. The molecule has 0 aliphatic carbocycles. The van der Waals surface area contributed by atoms with Gasteiger partial charge in [0.05, 0.1) is 6.42 Å². The van der Waals surface area contributed by atoms with E-state index in [0.717, 1.165) is 26.2 Å². The Morgan fingerprint density at radius 1 is 1.18 bits per heavy atom. The summed E-state index contributed by atoms with van der Waals surface area (Å²) in [5, 5.41) is 8.57. The number of amides is 1. The van der Waals surface area contributed by atoms with Crippen molar-refractivity contribution in [1.29, 1.82) is 0 Å². The second kappa shape index (κ2) is 7.50. The van der Waals surface area contributed by atoms with E-state index in [1.165, 1.54) is 0 Å². The number of aliphatic carboxylic acids is 1. The molecule has 1 fully saturated rings. The van der Waals surface area contributed by atoms with Gasteiger partial charge in [-0.25, -0.2) is 0 Å². The lowest BCUT2D eigenvalue weighted by molar-refractivity contribution is -0.139. The number of hydrogen-bond donors (Lipinski definition) is 1. The van der Waals surface area contributed by atoms with Gasteiger partial charge in [0.15, 0.2) is 0 Å². The molecule has 0 aromatic rings. The van der Waals surface area contributed by atoms with Gasteiger partial charge in [-0.3, -0.25) is 14.5 Å². The van der Waals surface area contributed by atoms with Gasteiger partial charge in [0.1, 0.15) is 0 Å². The van der Waals surface area contributed by atoms with Crippen molar-refractivity contribution in [3.05, 3.63) is 0 Å². The molecule has 17 heavy (non-hydrogen) atoms. The average molecular weight is 265 g/mol. The lowest BCUT2D eigenvalue weighted by Crippen LogP contribution is -2.50. The van der Waals surface area contributed by atoms with E-state index in [0.29, 0.717) is 6.54 Å². The number of halogens is 1. The molecule has 1 aliphatic heterocycles. The average Bonchev–Trinajstić information content (AvgIpc) is 2.26. The van der Waals surface area contributed by atoms with Crippen molar-refractivity contribution < 1.29 is 14.7 Å². The molecule has 1 amide bonds. The molecule has 1 saturated heterocycles. The highest BCUT2D eigenvalue weighted by Crippen LogP contribution is 2.07. The molecule has 0 unspecified atom stereocenters. The molecule has 0 atom stereocenters. The predicted molar refractivity (Wildman–Crippen MR) is 67.4 cm³/mol. The maximum Gasteiger partial charge on any atom is 0.304 e. The van der Waals surface area contributed by atoms with Crippen LogP contribution in [0.5, 0.6) is 0 Å². The van der Waals surface area contributed by atoms with Crippen LogP contribution in [-0.2, 0) is 9.59 Å². The SMILES string of the molecule is CC(C)C(=O)N1CCN(CCC(=O)O)CC1.Cl. The van der Waals surface area contributed by atoms with E-state index in [1.54, 1.807) is 0 Å². The van der Waals surface area contributed by atoms with Crippen LogP contribution in [0.15, 0.2) is 0 Å². The minimum atomic E-state index is -0.763. The zero-order valence-corrected chi connectivity index (χ0v) is 11.2. The van der Waals surface area contributed by atoms with E-state index in [4.69, 9.17) is 5.11 Å². The van der Waals surface area contributed by atoms with Crippen LogP contribution in [0.3, 0.4) is 0 Å². The minimum Gasteiger partial charge on any atom is -0.481 e. The monoisotopic (exact) mass is 264 g/mol. The molecule has 5 nitrogen and oxygen atoms in total. The smallest absolute Gasteiger partial charge is 0.304 e. The van der Waals surface area contributed by atoms with Gasteiger partial charge in [0.25, 0.3) is 0 Å². The van der Waals surface area contributed by atoms with Crippen LogP contribution < -0.4 is 0 Å². The van der Waals surface area contributed by atoms with E-state index >= 15 is 0 Å². The molecule has 0 spiro atoms. The van der Waals surface area contributed by atoms with Gasteiger partial charge in [-0.1, -0.05) is 13.8 Å². The molecule has 6 heteroatoms. The number of carbonyl (C=O) groups excluding carboxylic acids is 1. The zero-order chi connectivity index (χ0) is 12.1. The fraction of sp³-hybridized carbons (Fsp3) is 0.818. The molecule has 0 saturated carbocycles. The highest BCUT2D eigenvalue weighted by molar-refractivity contribution is 5.85. The highest BCUT2D eigenvalue weighted by Gasteiger charge is 2.22. The zero-order valence-electron chi connectivity index (χ0n) is 10.4.